The van der Waals surface area contributed by atoms with Crippen LogP contribution in [0.25, 0.3) is 12.2 Å². The van der Waals surface area contributed by atoms with E-state index in [0.717, 1.165) is 45.6 Å². The van der Waals surface area contributed by atoms with Gasteiger partial charge in [-0.05, 0) is 104 Å². The van der Waals surface area contributed by atoms with Gasteiger partial charge in [-0.3, -0.25) is 0 Å². The Balaban J connectivity index is 0.986. The number of allylic oxidation sites excluding steroid dienone is 2. The molecule has 0 N–H and O–H groups in total. The molecule has 15 atom stereocenters. The quantitative estimate of drug-likeness (QED) is 0.0377. The van der Waals surface area contributed by atoms with Crippen molar-refractivity contribution < 1.29 is 60.4 Å². The lowest BCUT2D eigenvalue weighted by Gasteiger charge is -2.49. The number of carbonyl (C=O) groups is 1. The van der Waals surface area contributed by atoms with Gasteiger partial charge in [0.05, 0.1) is 73.7 Å². The number of methoxy groups -OCH3 is 3. The van der Waals surface area contributed by atoms with Crippen LogP contribution in [0.1, 0.15) is 163 Å². The van der Waals surface area contributed by atoms with E-state index in [9.17, 15) is 4.79 Å². The molecule has 0 amide bonds. The van der Waals surface area contributed by atoms with Crippen LogP contribution in [0.5, 0.6) is 0 Å². The number of rotatable bonds is 19. The molecule has 512 valence electrons. The number of esters is 1. The van der Waals surface area contributed by atoms with E-state index in [2.05, 4.69) is 143 Å². The Morgan fingerprint density at radius 1 is 0.840 bits per heavy atom. The predicted octanol–water partition coefficient (Wildman–Crippen LogP) is 15.9. The number of nitrogens with zero attached hydrogens (tertiary/aromatic N) is 2. The summed E-state index contributed by atoms with van der Waals surface area (Å²) >= 11 is 5.94. The summed E-state index contributed by atoms with van der Waals surface area (Å²) in [6.07, 6.45) is 23.7. The van der Waals surface area contributed by atoms with Gasteiger partial charge in [0, 0.05) is 70.5 Å². The van der Waals surface area contributed by atoms with Gasteiger partial charge in [-0.15, -0.1) is 0 Å². The summed E-state index contributed by atoms with van der Waals surface area (Å²) in [5.41, 5.74) is 5.23. The van der Waals surface area contributed by atoms with Crippen LogP contribution < -0.4 is 10.4 Å². The topological polar surface area (TPSA) is 161 Å². The Kier molecular flexibility index (Phi) is 24.9. The van der Waals surface area contributed by atoms with Crippen molar-refractivity contribution in [2.24, 2.45) is 11.8 Å². The van der Waals surface area contributed by atoms with Crippen molar-refractivity contribution in [2.45, 2.75) is 242 Å². The van der Waals surface area contributed by atoms with Crippen LogP contribution in [0.3, 0.4) is 0 Å². The van der Waals surface area contributed by atoms with Crippen LogP contribution in [0.2, 0.25) is 23.2 Å². The van der Waals surface area contributed by atoms with Gasteiger partial charge in [0.2, 0.25) is 5.89 Å². The SMILES string of the molecule is C=C1C[C@@H]2C[C@@H]3C[C@@H](O[Si](C)(C)C(C)(C)C)C[C@@H](O3)c3coc(n3)/C=C\C[C@H]3O[C@@H](/C(C)=C/c4cnc(C[C@]5(OC)C[C@H](OC)C[C@H]([C@@H](/C=C(C)/C=C/[C@H](C/C=C/Cl)OC)O[Si](c6ccccc6)(c6ccccc6)C(C)(C)C)O5)o4)[C@H](C)[C@@H](OC(=O)/C=C\C[C@@H](C1)O2)[C@H]3C. The van der Waals surface area contributed by atoms with Crippen molar-refractivity contribution in [3.05, 3.63) is 168 Å². The third kappa shape index (κ3) is 18.2. The highest BCUT2D eigenvalue weighted by Gasteiger charge is 2.55. The number of fused-ring (bicyclic) bond motifs is 9. The van der Waals surface area contributed by atoms with E-state index in [-0.39, 0.29) is 77.2 Å². The van der Waals surface area contributed by atoms with Crippen LogP contribution in [0, 0.1) is 11.8 Å². The lowest BCUT2D eigenvalue weighted by Crippen LogP contribution is -2.69. The molecule has 0 saturated carbocycles. The molecular weight excluding hydrogens is 1240 g/mol. The first kappa shape index (κ1) is 73.1. The van der Waals surface area contributed by atoms with Crippen LogP contribution in [0.4, 0.5) is 0 Å². The zero-order chi connectivity index (χ0) is 67.6. The number of benzene rings is 2. The highest BCUT2D eigenvalue weighted by Crippen LogP contribution is 2.45. The first-order valence-corrected chi connectivity index (χ1v) is 39.1. The standard InChI is InChI=1S/C76H105ClN2O13Si2/c1-50(35-36-55(81-12)27-25-37-77)40-68(92-94(75(9,10)11,62-28-19-17-20-29-62)63-30-21-18-22-31-63)67-45-60(82-13)46-76(83-14,90-67)47-70-78-48-61(87-70)41-52(3)72-54(5)73-53(4)65(88-72)32-24-33-69-79-64(49-84-69)66-44-59(91-93(15,16)74(6,7)8)43-58(86-66)42-57-39-51(2)38-56(85-57)26-23-34-71(80)89-73/h17-25,28-31,33-37,40-41,48-49,53-60,65-68,72-73H,2,26-27,32,38-39,42-47H2,1,3-16H3/b33-24-,34-23-,36-35+,37-25+,50-40+,52-41+/t53-,54-,55-,56-,57+,58+,59+,60+,65+,66+,67+,68+,72-,73-,76-/m0/s1. The number of aromatic nitrogens is 2. The summed E-state index contributed by atoms with van der Waals surface area (Å²) in [4.78, 5) is 23.8. The molecule has 7 heterocycles. The molecule has 8 bridgehead atoms. The fourth-order valence-corrected chi connectivity index (χ4v) is 20.3. The van der Waals surface area contributed by atoms with Crippen LogP contribution in [-0.4, -0.2) is 127 Å². The Bertz CT molecular complexity index is 3270. The molecule has 15 nitrogen and oxygen atoms in total. The highest BCUT2D eigenvalue weighted by molar-refractivity contribution is 6.99. The van der Waals surface area contributed by atoms with Gasteiger partial charge >= 0.3 is 5.97 Å². The maximum Gasteiger partial charge on any atom is 0.330 e. The lowest BCUT2D eigenvalue weighted by molar-refractivity contribution is -0.297. The summed E-state index contributed by atoms with van der Waals surface area (Å²) in [5.74, 6) is -0.653. The van der Waals surface area contributed by atoms with E-state index >= 15 is 0 Å². The van der Waals surface area contributed by atoms with Gasteiger partial charge in [-0.2, -0.15) is 0 Å². The van der Waals surface area contributed by atoms with E-state index in [1.165, 1.54) is 5.54 Å². The molecule has 0 spiro atoms. The number of hydrogen-bond donors (Lipinski definition) is 0. The van der Waals surface area contributed by atoms with E-state index in [4.69, 9.17) is 77.2 Å². The summed E-state index contributed by atoms with van der Waals surface area (Å²) in [5, 5.41) is 2.00. The summed E-state index contributed by atoms with van der Waals surface area (Å²) in [7, 11) is -0.200. The second kappa shape index (κ2) is 32.0. The van der Waals surface area contributed by atoms with E-state index < -0.39 is 52.8 Å². The second-order valence-electron chi connectivity index (χ2n) is 29.3. The average Bonchev–Trinajstić information content (AvgIpc) is 0.801. The normalized spacial score (nSPS) is 30.4. The van der Waals surface area contributed by atoms with Crippen molar-refractivity contribution in [1.29, 1.82) is 0 Å². The summed E-state index contributed by atoms with van der Waals surface area (Å²) in [6, 6.07) is 21.3. The molecule has 94 heavy (non-hydrogen) atoms. The number of halogens is 1. The van der Waals surface area contributed by atoms with Crippen LogP contribution >= 0.6 is 11.6 Å². The number of oxazole rings is 2. The van der Waals surface area contributed by atoms with Crippen molar-refractivity contribution in [2.75, 3.05) is 21.3 Å². The summed E-state index contributed by atoms with van der Waals surface area (Å²) < 4.78 is 81.0. The zero-order valence-electron chi connectivity index (χ0n) is 58.3. The largest absolute Gasteiger partial charge is 0.458 e. The van der Waals surface area contributed by atoms with Crippen molar-refractivity contribution in [3.8, 4) is 0 Å². The molecule has 2 aromatic carbocycles. The van der Waals surface area contributed by atoms with Crippen molar-refractivity contribution in [3.63, 3.8) is 0 Å². The van der Waals surface area contributed by atoms with Gasteiger partial charge in [-0.25, -0.2) is 14.8 Å². The second-order valence-corrected chi connectivity index (χ2v) is 38.5. The maximum absolute atomic E-state index is 14.0. The first-order valence-electron chi connectivity index (χ1n) is 33.9. The van der Waals surface area contributed by atoms with E-state index in [1.807, 2.05) is 55.5 Å². The van der Waals surface area contributed by atoms with Gasteiger partial charge in [-0.1, -0.05) is 182 Å². The molecule has 9 rings (SSSR count). The molecule has 4 fully saturated rings. The minimum Gasteiger partial charge on any atom is -0.458 e. The molecule has 4 aromatic rings. The Morgan fingerprint density at radius 3 is 2.20 bits per heavy atom. The Hall–Kier alpha value is -5.13. The molecule has 0 radical (unpaired) electrons. The maximum atomic E-state index is 14.0. The van der Waals surface area contributed by atoms with Gasteiger partial charge in [0.25, 0.3) is 8.32 Å². The third-order valence-electron chi connectivity index (χ3n) is 20.2. The van der Waals surface area contributed by atoms with Crippen LogP contribution in [-0.2, 0) is 58.0 Å². The predicted molar refractivity (Wildman–Crippen MR) is 376 cm³/mol. The Labute approximate surface area is 567 Å². The number of carbonyl (C=O) groups excluding carboxylic acids is 1. The summed E-state index contributed by atoms with van der Waals surface area (Å²) in [6.45, 7) is 31.0. The van der Waals surface area contributed by atoms with Gasteiger partial charge < -0.3 is 55.6 Å². The highest BCUT2D eigenvalue weighted by atomic mass is 35.5. The first-order chi connectivity index (χ1) is 44.7. The molecule has 2 aromatic heterocycles. The minimum atomic E-state index is -3.18. The molecule has 18 heteroatoms. The molecule has 4 saturated heterocycles. The minimum absolute atomic E-state index is 0.0119. The number of hydrogen-bond acceptors (Lipinski definition) is 15. The van der Waals surface area contributed by atoms with Crippen molar-refractivity contribution >= 4 is 56.7 Å². The molecule has 5 aliphatic heterocycles. The fourth-order valence-electron chi connectivity index (χ4n) is 14.2. The molecule has 0 unspecified atom stereocenters. The molecule has 5 aliphatic rings. The molecule has 0 aliphatic carbocycles. The third-order valence-corrected chi connectivity index (χ3v) is 29.9. The average molecular weight is 1350 g/mol. The van der Waals surface area contributed by atoms with Gasteiger partial charge in [0.1, 0.15) is 29.9 Å². The van der Waals surface area contributed by atoms with Crippen molar-refractivity contribution in [1.82, 2.24) is 9.97 Å². The van der Waals surface area contributed by atoms with E-state index in [1.54, 1.807) is 39.9 Å². The Morgan fingerprint density at radius 2 is 1.54 bits per heavy atom. The lowest BCUT2D eigenvalue weighted by atomic mass is 9.79. The monoisotopic (exact) mass is 1340 g/mol. The fraction of sp³-hybridized carbons (Fsp3) is 0.566. The van der Waals surface area contributed by atoms with E-state index in [0.29, 0.717) is 68.9 Å². The van der Waals surface area contributed by atoms with Crippen LogP contribution in [0.15, 0.2) is 153 Å². The van der Waals surface area contributed by atoms with Gasteiger partial charge in [0.15, 0.2) is 20.0 Å². The number of ether oxygens (including phenoxy) is 8. The smallest absolute Gasteiger partial charge is 0.330 e. The molecular formula is C76H105ClN2O13Si2. The zero-order valence-corrected chi connectivity index (χ0v) is 61.1.